The van der Waals surface area contributed by atoms with Crippen LogP contribution in [0, 0.1) is 5.92 Å². The summed E-state index contributed by atoms with van der Waals surface area (Å²) in [5, 5.41) is 0. The van der Waals surface area contributed by atoms with Gasteiger partial charge in [0.05, 0.1) is 11.3 Å². The molecule has 3 rings (SSSR count). The Labute approximate surface area is 178 Å². The zero-order valence-corrected chi connectivity index (χ0v) is 19.2. The van der Waals surface area contributed by atoms with Crippen LogP contribution in [0.4, 0.5) is 0 Å². The zero-order chi connectivity index (χ0) is 22.1. The Kier molecular flexibility index (Phi) is 6.98. The maximum absolute atomic E-state index is 12.8. The molecule has 1 aromatic heterocycles. The molecule has 0 aromatic carbocycles. The Morgan fingerprint density at radius 2 is 1.97 bits per heavy atom. The highest BCUT2D eigenvalue weighted by Gasteiger charge is 2.33. The molecule has 1 aromatic rings. The fourth-order valence-electron chi connectivity index (χ4n) is 4.34. The van der Waals surface area contributed by atoms with E-state index in [-0.39, 0.29) is 29.8 Å². The van der Waals surface area contributed by atoms with E-state index >= 15 is 0 Å². The number of carbonyl (C=O) groups excluding carboxylic acids is 1. The lowest BCUT2D eigenvalue weighted by molar-refractivity contribution is -0.137. The van der Waals surface area contributed by atoms with Gasteiger partial charge in [-0.05, 0) is 25.7 Å². The summed E-state index contributed by atoms with van der Waals surface area (Å²) in [5.74, 6) is 0.849. The number of hydrogen-bond donors (Lipinski definition) is 1. The van der Waals surface area contributed by atoms with E-state index in [2.05, 4.69) is 4.98 Å². The molecular weight excluding hydrogens is 406 g/mol. The lowest BCUT2D eigenvalue weighted by atomic mass is 9.94. The van der Waals surface area contributed by atoms with Crippen LogP contribution in [0.2, 0.25) is 0 Å². The monoisotopic (exact) mass is 439 g/mol. The average molecular weight is 440 g/mol. The van der Waals surface area contributed by atoms with Gasteiger partial charge < -0.3 is 9.88 Å². The summed E-state index contributed by atoms with van der Waals surface area (Å²) in [6, 6.07) is 0. The Bertz CT molecular complexity index is 939. The second kappa shape index (κ2) is 9.15. The fourth-order valence-corrected chi connectivity index (χ4v) is 5.41. The molecule has 168 valence electrons. The van der Waals surface area contributed by atoms with Gasteiger partial charge in [0.15, 0.2) is 0 Å². The highest BCUT2D eigenvalue weighted by molar-refractivity contribution is 7.86. The van der Waals surface area contributed by atoms with Gasteiger partial charge in [-0.3, -0.25) is 9.59 Å². The van der Waals surface area contributed by atoms with Crippen LogP contribution in [0.15, 0.2) is 4.79 Å². The Hall–Kier alpha value is -1.78. The second-order valence-electron chi connectivity index (χ2n) is 8.39. The van der Waals surface area contributed by atoms with Crippen molar-refractivity contribution in [3.63, 3.8) is 0 Å². The Balaban J connectivity index is 1.80. The standard InChI is InChI=1S/C20H33N5O4S/c1-5-14(6-2)20(27)24-10-7-8-15(12-24)18-21-17-9-11-25(30(28,29)23(3)4)13-16(17)19(26)22-18/h14-15H,5-13H2,1-4H3,(H,21,22,26). The second-order valence-corrected chi connectivity index (χ2v) is 10.5. The summed E-state index contributed by atoms with van der Waals surface area (Å²) in [6.07, 6.45) is 3.82. The predicted octanol–water partition coefficient (Wildman–Crippen LogP) is 1.08. The molecule has 1 amide bonds. The minimum Gasteiger partial charge on any atom is -0.342 e. The van der Waals surface area contributed by atoms with Crippen molar-refractivity contribution in [3.8, 4) is 0 Å². The smallest absolute Gasteiger partial charge is 0.281 e. The number of nitrogens with zero attached hydrogens (tertiary/aromatic N) is 4. The molecule has 1 N–H and O–H groups in total. The van der Waals surface area contributed by atoms with Crippen LogP contribution in [0.3, 0.4) is 0 Å². The van der Waals surface area contributed by atoms with Gasteiger partial charge in [0, 0.05) is 58.5 Å². The molecule has 9 nitrogen and oxygen atoms in total. The third kappa shape index (κ3) is 4.45. The fraction of sp³-hybridized carbons (Fsp3) is 0.750. The third-order valence-electron chi connectivity index (χ3n) is 6.29. The maximum atomic E-state index is 12.8. The molecule has 0 saturated carbocycles. The molecule has 0 spiro atoms. The summed E-state index contributed by atoms with van der Waals surface area (Å²) < 4.78 is 27.3. The van der Waals surface area contributed by atoms with E-state index in [0.717, 1.165) is 36.5 Å². The molecule has 1 fully saturated rings. The van der Waals surface area contributed by atoms with Crippen LogP contribution >= 0.6 is 0 Å². The van der Waals surface area contributed by atoms with Crippen molar-refractivity contribution in [2.75, 3.05) is 33.7 Å². The highest BCUT2D eigenvalue weighted by Crippen LogP contribution is 2.27. The summed E-state index contributed by atoms with van der Waals surface area (Å²) in [7, 11) is -0.618. The first-order valence-corrected chi connectivity index (χ1v) is 12.2. The molecule has 3 heterocycles. The van der Waals surface area contributed by atoms with Crippen molar-refractivity contribution in [1.82, 2.24) is 23.5 Å². The minimum atomic E-state index is -3.58. The van der Waals surface area contributed by atoms with Gasteiger partial charge in [0.2, 0.25) is 5.91 Å². The molecule has 2 aliphatic heterocycles. The number of fused-ring (bicyclic) bond motifs is 1. The molecule has 0 bridgehead atoms. The number of likely N-dealkylation sites (tertiary alicyclic amines) is 1. The van der Waals surface area contributed by atoms with Gasteiger partial charge in [0.1, 0.15) is 5.82 Å². The summed E-state index contributed by atoms with van der Waals surface area (Å²) in [5.41, 5.74) is 0.802. The van der Waals surface area contributed by atoms with E-state index in [9.17, 15) is 18.0 Å². The number of H-pyrrole nitrogens is 1. The SMILES string of the molecule is CCC(CC)C(=O)N1CCCC(c2nc3c(c(=O)[nH]2)CN(S(=O)(=O)N(C)C)CC3)C1. The van der Waals surface area contributed by atoms with Crippen LogP contribution in [0.1, 0.15) is 62.5 Å². The highest BCUT2D eigenvalue weighted by atomic mass is 32.2. The first-order valence-electron chi connectivity index (χ1n) is 10.8. The number of rotatable bonds is 6. The predicted molar refractivity (Wildman–Crippen MR) is 114 cm³/mol. The Morgan fingerprint density at radius 1 is 1.27 bits per heavy atom. The van der Waals surface area contributed by atoms with Gasteiger partial charge in [-0.25, -0.2) is 4.98 Å². The van der Waals surface area contributed by atoms with Crippen molar-refractivity contribution < 1.29 is 13.2 Å². The van der Waals surface area contributed by atoms with Crippen molar-refractivity contribution in [1.29, 1.82) is 0 Å². The van der Waals surface area contributed by atoms with Crippen LogP contribution < -0.4 is 5.56 Å². The van der Waals surface area contributed by atoms with Crippen molar-refractivity contribution >= 4 is 16.1 Å². The quantitative estimate of drug-likeness (QED) is 0.714. The largest absolute Gasteiger partial charge is 0.342 e. The molecule has 1 unspecified atom stereocenters. The zero-order valence-electron chi connectivity index (χ0n) is 18.3. The molecule has 0 radical (unpaired) electrons. The van der Waals surface area contributed by atoms with E-state index in [1.54, 1.807) is 0 Å². The molecule has 2 aliphatic rings. The van der Waals surface area contributed by atoms with Gasteiger partial charge >= 0.3 is 0 Å². The average Bonchev–Trinajstić information content (AvgIpc) is 2.74. The van der Waals surface area contributed by atoms with Crippen LogP contribution in [0.25, 0.3) is 0 Å². The lowest BCUT2D eigenvalue weighted by Crippen LogP contribution is -2.45. The van der Waals surface area contributed by atoms with Crippen LogP contribution in [-0.2, 0) is 28.0 Å². The first kappa shape index (κ1) is 22.9. The number of carbonyl (C=O) groups is 1. The van der Waals surface area contributed by atoms with Gasteiger partial charge in [-0.15, -0.1) is 0 Å². The van der Waals surface area contributed by atoms with Crippen LogP contribution in [0.5, 0.6) is 0 Å². The Morgan fingerprint density at radius 3 is 2.60 bits per heavy atom. The number of aromatic nitrogens is 2. The summed E-state index contributed by atoms with van der Waals surface area (Å²) in [4.78, 5) is 35.1. The van der Waals surface area contributed by atoms with E-state index in [0.29, 0.717) is 36.6 Å². The van der Waals surface area contributed by atoms with Crippen molar-refractivity contribution in [2.45, 2.75) is 58.4 Å². The van der Waals surface area contributed by atoms with Crippen molar-refractivity contribution in [3.05, 3.63) is 27.4 Å². The van der Waals surface area contributed by atoms with Crippen molar-refractivity contribution in [2.24, 2.45) is 5.92 Å². The molecule has 1 atom stereocenters. The summed E-state index contributed by atoms with van der Waals surface area (Å²) >= 11 is 0. The lowest BCUT2D eigenvalue weighted by Gasteiger charge is -2.35. The minimum absolute atomic E-state index is 0.00130. The van der Waals surface area contributed by atoms with Gasteiger partial charge in [0.25, 0.3) is 15.8 Å². The van der Waals surface area contributed by atoms with E-state index in [1.807, 2.05) is 18.7 Å². The third-order valence-corrected chi connectivity index (χ3v) is 8.18. The molecule has 0 aliphatic carbocycles. The molecule has 10 heteroatoms. The normalized spacial score (nSPS) is 20.6. The van der Waals surface area contributed by atoms with Gasteiger partial charge in [-0.1, -0.05) is 13.8 Å². The number of nitrogens with one attached hydrogen (secondary N) is 1. The van der Waals surface area contributed by atoms with E-state index < -0.39 is 10.2 Å². The number of amides is 1. The van der Waals surface area contributed by atoms with E-state index in [4.69, 9.17) is 4.98 Å². The topological polar surface area (TPSA) is 107 Å². The van der Waals surface area contributed by atoms with Gasteiger partial charge in [-0.2, -0.15) is 17.0 Å². The number of aromatic amines is 1. The first-order chi connectivity index (χ1) is 14.2. The molecular formula is C20H33N5O4S. The summed E-state index contributed by atoms with van der Waals surface area (Å²) in [6.45, 7) is 5.72. The van der Waals surface area contributed by atoms with Crippen LogP contribution in [-0.4, -0.2) is 71.5 Å². The molecule has 1 saturated heterocycles. The number of piperidine rings is 1. The number of hydrogen-bond acceptors (Lipinski definition) is 5. The van der Waals surface area contributed by atoms with E-state index in [1.165, 1.54) is 18.4 Å². The molecule has 30 heavy (non-hydrogen) atoms. The maximum Gasteiger partial charge on any atom is 0.281 e.